The van der Waals surface area contributed by atoms with Crippen molar-refractivity contribution < 1.29 is 14.8 Å². The van der Waals surface area contributed by atoms with Crippen LogP contribution in [0.1, 0.15) is 24.8 Å². The van der Waals surface area contributed by atoms with E-state index in [4.69, 9.17) is 0 Å². The lowest BCUT2D eigenvalue weighted by atomic mass is 10.1. The summed E-state index contributed by atoms with van der Waals surface area (Å²) in [6.45, 7) is 2.09. The Balaban J connectivity index is 1.90. The van der Waals surface area contributed by atoms with Crippen LogP contribution in [0.25, 0.3) is 0 Å². The predicted octanol–water partition coefficient (Wildman–Crippen LogP) is 1.24. The third-order valence-electron chi connectivity index (χ3n) is 3.43. The smallest absolute Gasteiger partial charge is 0.270 e. The van der Waals surface area contributed by atoms with Crippen molar-refractivity contribution in [2.24, 2.45) is 5.10 Å². The number of hydrazone groups is 1. The number of carbonyl (C=O) groups is 1. The minimum atomic E-state index is -0.564. The van der Waals surface area contributed by atoms with Crippen LogP contribution in [-0.2, 0) is 4.79 Å². The number of hydrogen-bond acceptors (Lipinski definition) is 6. The fourth-order valence-corrected chi connectivity index (χ4v) is 2.29. The molecule has 0 spiro atoms. The number of nitro benzene ring substituents is 1. The molecule has 0 bridgehead atoms. The van der Waals surface area contributed by atoms with Crippen LogP contribution in [0.3, 0.4) is 0 Å². The summed E-state index contributed by atoms with van der Waals surface area (Å²) in [5.74, 6) is -0.386. The molecule has 0 aliphatic carbocycles. The largest absolute Gasteiger partial charge is 0.507 e. The molecule has 2 rings (SSSR count). The van der Waals surface area contributed by atoms with Gasteiger partial charge in [0.25, 0.3) is 11.6 Å². The maximum Gasteiger partial charge on any atom is 0.270 e. The zero-order valence-corrected chi connectivity index (χ0v) is 12.1. The number of hydrogen-bond donors (Lipinski definition) is 2. The van der Waals surface area contributed by atoms with Crippen molar-refractivity contribution in [2.75, 3.05) is 19.6 Å². The van der Waals surface area contributed by atoms with Crippen LogP contribution in [-0.4, -0.2) is 46.7 Å². The Kier molecular flexibility index (Phi) is 5.42. The lowest BCUT2D eigenvalue weighted by molar-refractivity contribution is -0.384. The normalized spacial score (nSPS) is 15.8. The van der Waals surface area contributed by atoms with E-state index in [2.05, 4.69) is 15.4 Å². The van der Waals surface area contributed by atoms with Crippen LogP contribution in [0.15, 0.2) is 23.3 Å². The Morgan fingerprint density at radius 3 is 2.82 bits per heavy atom. The zero-order chi connectivity index (χ0) is 15.9. The molecule has 8 heteroatoms. The number of nitrogens with one attached hydrogen (secondary N) is 1. The molecule has 1 amide bonds. The van der Waals surface area contributed by atoms with Crippen molar-refractivity contribution in [1.82, 2.24) is 10.3 Å². The molecule has 0 saturated carbocycles. The SMILES string of the molecule is O=C(CN1CCCCC1)N/N=C\c1cc([N+](=O)[O-])ccc1O. The van der Waals surface area contributed by atoms with E-state index in [1.807, 2.05) is 0 Å². The second kappa shape index (κ2) is 7.51. The number of carbonyl (C=O) groups excluding carboxylic acids is 1. The average molecular weight is 306 g/mol. The Bertz CT molecular complexity index is 582. The number of nitrogens with zero attached hydrogens (tertiary/aromatic N) is 3. The van der Waals surface area contributed by atoms with Crippen LogP contribution in [0.2, 0.25) is 0 Å². The molecule has 0 aromatic heterocycles. The van der Waals surface area contributed by atoms with Gasteiger partial charge in [0, 0.05) is 17.7 Å². The predicted molar refractivity (Wildman–Crippen MR) is 80.8 cm³/mol. The number of rotatable bonds is 5. The molecule has 8 nitrogen and oxygen atoms in total. The molecule has 0 radical (unpaired) electrons. The highest BCUT2D eigenvalue weighted by molar-refractivity contribution is 5.86. The molecule has 0 atom stereocenters. The molecule has 1 aliphatic rings. The van der Waals surface area contributed by atoms with Crippen molar-refractivity contribution in [1.29, 1.82) is 0 Å². The number of amides is 1. The van der Waals surface area contributed by atoms with Gasteiger partial charge in [-0.3, -0.25) is 19.8 Å². The Morgan fingerprint density at radius 1 is 1.41 bits per heavy atom. The molecule has 118 valence electrons. The van der Waals surface area contributed by atoms with Gasteiger partial charge in [-0.1, -0.05) is 6.42 Å². The molecule has 0 unspecified atom stereocenters. The van der Waals surface area contributed by atoms with Crippen molar-refractivity contribution in [3.63, 3.8) is 0 Å². The zero-order valence-electron chi connectivity index (χ0n) is 12.1. The van der Waals surface area contributed by atoms with Crippen molar-refractivity contribution in [3.8, 4) is 5.75 Å². The standard InChI is InChI=1S/C14H18N4O4/c19-13-5-4-12(18(21)22)8-11(13)9-15-16-14(20)10-17-6-2-1-3-7-17/h4-5,8-9,19H,1-3,6-7,10H2,(H,16,20)/b15-9-. The molecule has 2 N–H and O–H groups in total. The number of benzene rings is 1. The van der Waals surface area contributed by atoms with E-state index in [0.717, 1.165) is 25.9 Å². The Hall–Kier alpha value is -2.48. The summed E-state index contributed by atoms with van der Waals surface area (Å²) in [7, 11) is 0. The van der Waals surface area contributed by atoms with Gasteiger partial charge < -0.3 is 5.11 Å². The van der Waals surface area contributed by atoms with Gasteiger partial charge in [-0.05, 0) is 32.0 Å². The van der Waals surface area contributed by atoms with Crippen LogP contribution < -0.4 is 5.43 Å². The van der Waals surface area contributed by atoms with Crippen molar-refractivity contribution >= 4 is 17.8 Å². The first kappa shape index (κ1) is 15.9. The maximum absolute atomic E-state index is 11.7. The van der Waals surface area contributed by atoms with E-state index in [1.165, 1.54) is 30.8 Å². The molecular formula is C14H18N4O4. The summed E-state index contributed by atoms with van der Waals surface area (Å²) in [5.41, 5.74) is 2.38. The highest BCUT2D eigenvalue weighted by atomic mass is 16.6. The van der Waals surface area contributed by atoms with E-state index >= 15 is 0 Å². The summed E-state index contributed by atoms with van der Waals surface area (Å²) < 4.78 is 0. The first-order chi connectivity index (χ1) is 10.6. The van der Waals surface area contributed by atoms with Gasteiger partial charge in [-0.15, -0.1) is 0 Å². The number of aromatic hydroxyl groups is 1. The van der Waals surface area contributed by atoms with Crippen molar-refractivity contribution in [3.05, 3.63) is 33.9 Å². The number of piperidine rings is 1. The Morgan fingerprint density at radius 2 is 2.14 bits per heavy atom. The lowest BCUT2D eigenvalue weighted by Gasteiger charge is -2.25. The summed E-state index contributed by atoms with van der Waals surface area (Å²) in [6, 6.07) is 3.60. The fraction of sp³-hybridized carbons (Fsp3) is 0.429. The minimum Gasteiger partial charge on any atom is -0.507 e. The quantitative estimate of drug-likeness (QED) is 0.483. The van der Waals surface area contributed by atoms with Gasteiger partial charge in [0.15, 0.2) is 0 Å². The number of phenols is 1. The van der Waals surface area contributed by atoms with Crippen molar-refractivity contribution in [2.45, 2.75) is 19.3 Å². The Labute approximate surface area is 127 Å². The van der Waals surface area contributed by atoms with Gasteiger partial charge in [0.2, 0.25) is 0 Å². The molecule has 1 aromatic rings. The third-order valence-corrected chi connectivity index (χ3v) is 3.43. The fourth-order valence-electron chi connectivity index (χ4n) is 2.29. The number of phenolic OH excluding ortho intramolecular Hbond substituents is 1. The average Bonchev–Trinajstić information content (AvgIpc) is 2.50. The first-order valence-corrected chi connectivity index (χ1v) is 7.08. The monoisotopic (exact) mass is 306 g/mol. The van der Waals surface area contributed by atoms with Gasteiger partial charge in [-0.25, -0.2) is 5.43 Å². The number of non-ortho nitro benzene ring substituents is 1. The number of likely N-dealkylation sites (tertiary alicyclic amines) is 1. The summed E-state index contributed by atoms with van der Waals surface area (Å²) >= 11 is 0. The summed E-state index contributed by atoms with van der Waals surface area (Å²) in [4.78, 5) is 23.9. The third kappa shape index (κ3) is 4.52. The van der Waals surface area contributed by atoms with Crippen LogP contribution >= 0.6 is 0 Å². The van der Waals surface area contributed by atoms with E-state index in [-0.39, 0.29) is 29.5 Å². The summed E-state index contributed by atoms with van der Waals surface area (Å²) in [6.07, 6.45) is 4.58. The van der Waals surface area contributed by atoms with Crippen LogP contribution in [0, 0.1) is 10.1 Å². The van der Waals surface area contributed by atoms with E-state index in [0.29, 0.717) is 0 Å². The van der Waals surface area contributed by atoms with Crippen LogP contribution in [0.5, 0.6) is 5.75 Å². The van der Waals surface area contributed by atoms with E-state index in [1.54, 1.807) is 0 Å². The molecule has 1 aromatic carbocycles. The molecule has 1 fully saturated rings. The lowest BCUT2D eigenvalue weighted by Crippen LogP contribution is -2.38. The van der Waals surface area contributed by atoms with Gasteiger partial charge in [0.1, 0.15) is 5.75 Å². The molecule has 22 heavy (non-hydrogen) atoms. The minimum absolute atomic E-state index is 0.139. The van der Waals surface area contributed by atoms with Gasteiger partial charge in [0.05, 0.1) is 17.7 Å². The maximum atomic E-state index is 11.7. The van der Waals surface area contributed by atoms with Gasteiger partial charge in [-0.2, -0.15) is 5.10 Å². The van der Waals surface area contributed by atoms with E-state index < -0.39 is 4.92 Å². The second-order valence-electron chi connectivity index (χ2n) is 5.13. The summed E-state index contributed by atoms with van der Waals surface area (Å²) in [5, 5.41) is 24.0. The number of nitro groups is 1. The van der Waals surface area contributed by atoms with E-state index in [9.17, 15) is 20.0 Å². The first-order valence-electron chi connectivity index (χ1n) is 7.08. The highest BCUT2D eigenvalue weighted by Gasteiger charge is 2.13. The van der Waals surface area contributed by atoms with Crippen LogP contribution in [0.4, 0.5) is 5.69 Å². The topological polar surface area (TPSA) is 108 Å². The van der Waals surface area contributed by atoms with Gasteiger partial charge >= 0.3 is 0 Å². The molecule has 1 heterocycles. The molecule has 1 aliphatic heterocycles. The molecule has 1 saturated heterocycles. The molecular weight excluding hydrogens is 288 g/mol. The second-order valence-corrected chi connectivity index (χ2v) is 5.13. The highest BCUT2D eigenvalue weighted by Crippen LogP contribution is 2.21.